The minimum absolute atomic E-state index is 0.300. The second-order valence-corrected chi connectivity index (χ2v) is 5.60. The summed E-state index contributed by atoms with van der Waals surface area (Å²) in [7, 11) is 0. The number of hydrogen-bond acceptors (Lipinski definition) is 5. The van der Waals surface area contributed by atoms with Gasteiger partial charge < -0.3 is 16.0 Å². The van der Waals surface area contributed by atoms with Crippen LogP contribution in [0.15, 0.2) is 30.6 Å². The van der Waals surface area contributed by atoms with Crippen molar-refractivity contribution in [2.24, 2.45) is 0 Å². The lowest BCUT2D eigenvalue weighted by Crippen LogP contribution is -2.33. The summed E-state index contributed by atoms with van der Waals surface area (Å²) in [6.07, 6.45) is 2.51. The highest BCUT2D eigenvalue weighted by molar-refractivity contribution is 6.35. The molecule has 110 valence electrons. The average Bonchev–Trinajstić information content (AvgIpc) is 2.80. The van der Waals surface area contributed by atoms with Crippen molar-refractivity contribution < 1.29 is 0 Å². The van der Waals surface area contributed by atoms with E-state index in [1.54, 1.807) is 0 Å². The number of anilines is 3. The van der Waals surface area contributed by atoms with Crippen molar-refractivity contribution in [2.75, 3.05) is 29.0 Å². The van der Waals surface area contributed by atoms with Crippen LogP contribution in [0.1, 0.15) is 12.5 Å². The van der Waals surface area contributed by atoms with Crippen LogP contribution in [0.2, 0.25) is 5.02 Å². The van der Waals surface area contributed by atoms with Crippen molar-refractivity contribution in [3.8, 4) is 0 Å². The standard InChI is InChI=1S/C15H18ClN5/c1-10-8-11-4-2-3-5-12(11)21(10)7-6-18-15-13(16)14(17)19-9-20-15/h2-5,9-10H,6-8H2,1H3,(H3,17,18,19,20). The van der Waals surface area contributed by atoms with Crippen LogP contribution in [-0.4, -0.2) is 29.1 Å². The molecule has 0 radical (unpaired) electrons. The van der Waals surface area contributed by atoms with Gasteiger partial charge in [0.25, 0.3) is 0 Å². The number of nitrogens with one attached hydrogen (secondary N) is 1. The smallest absolute Gasteiger partial charge is 0.150 e. The number of aromatic nitrogens is 2. The first-order valence-corrected chi connectivity index (χ1v) is 7.39. The van der Waals surface area contributed by atoms with Gasteiger partial charge in [0.05, 0.1) is 0 Å². The third-order valence-electron chi connectivity index (χ3n) is 3.81. The van der Waals surface area contributed by atoms with Crippen LogP contribution in [0.25, 0.3) is 0 Å². The summed E-state index contributed by atoms with van der Waals surface area (Å²) in [6.45, 7) is 3.88. The predicted molar refractivity (Wildman–Crippen MR) is 86.9 cm³/mol. The molecule has 2 heterocycles. The molecular formula is C15H18ClN5. The van der Waals surface area contributed by atoms with Gasteiger partial charge >= 0.3 is 0 Å². The first-order chi connectivity index (χ1) is 10.2. The molecule has 2 aromatic rings. The lowest BCUT2D eigenvalue weighted by Gasteiger charge is -2.25. The number of benzene rings is 1. The van der Waals surface area contributed by atoms with E-state index in [1.807, 2.05) is 0 Å². The van der Waals surface area contributed by atoms with Crippen molar-refractivity contribution in [3.05, 3.63) is 41.2 Å². The molecule has 21 heavy (non-hydrogen) atoms. The Morgan fingerprint density at radius 1 is 1.38 bits per heavy atom. The zero-order chi connectivity index (χ0) is 14.8. The zero-order valence-electron chi connectivity index (χ0n) is 11.9. The summed E-state index contributed by atoms with van der Waals surface area (Å²) in [5.41, 5.74) is 8.40. The van der Waals surface area contributed by atoms with Gasteiger partial charge in [-0.15, -0.1) is 0 Å². The highest BCUT2D eigenvalue weighted by Gasteiger charge is 2.24. The van der Waals surface area contributed by atoms with E-state index >= 15 is 0 Å². The van der Waals surface area contributed by atoms with Gasteiger partial charge in [-0.2, -0.15) is 0 Å². The maximum atomic E-state index is 6.07. The van der Waals surface area contributed by atoms with Gasteiger partial charge in [-0.1, -0.05) is 29.8 Å². The van der Waals surface area contributed by atoms with E-state index in [0.29, 0.717) is 22.7 Å². The Morgan fingerprint density at radius 2 is 2.19 bits per heavy atom. The van der Waals surface area contributed by atoms with Crippen LogP contribution >= 0.6 is 11.6 Å². The molecule has 3 N–H and O–H groups in total. The summed E-state index contributed by atoms with van der Waals surface area (Å²) in [5, 5.41) is 3.61. The van der Waals surface area contributed by atoms with Gasteiger partial charge in [0, 0.05) is 24.8 Å². The fourth-order valence-corrected chi connectivity index (χ4v) is 2.94. The first-order valence-electron chi connectivity index (χ1n) is 7.01. The van der Waals surface area contributed by atoms with Crippen molar-refractivity contribution in [2.45, 2.75) is 19.4 Å². The Labute approximate surface area is 129 Å². The van der Waals surface area contributed by atoms with Crippen LogP contribution in [-0.2, 0) is 6.42 Å². The lowest BCUT2D eigenvalue weighted by molar-refractivity contribution is 0.680. The quantitative estimate of drug-likeness (QED) is 0.908. The minimum Gasteiger partial charge on any atom is -0.382 e. The Balaban J connectivity index is 1.65. The maximum absolute atomic E-state index is 6.07. The van der Waals surface area contributed by atoms with E-state index in [9.17, 15) is 0 Å². The first kappa shape index (κ1) is 13.9. The fourth-order valence-electron chi connectivity index (χ4n) is 2.77. The van der Waals surface area contributed by atoms with E-state index in [-0.39, 0.29) is 0 Å². The van der Waals surface area contributed by atoms with E-state index in [0.717, 1.165) is 19.5 Å². The Hall–Kier alpha value is -2.01. The van der Waals surface area contributed by atoms with Crippen LogP contribution < -0.4 is 16.0 Å². The lowest BCUT2D eigenvalue weighted by atomic mass is 10.1. The normalized spacial score (nSPS) is 16.9. The molecular weight excluding hydrogens is 286 g/mol. The topological polar surface area (TPSA) is 67.1 Å². The number of nitrogens with zero attached hydrogens (tertiary/aromatic N) is 3. The summed E-state index contributed by atoms with van der Waals surface area (Å²) < 4.78 is 0. The van der Waals surface area contributed by atoms with Crippen molar-refractivity contribution >= 4 is 28.9 Å². The summed E-state index contributed by atoms with van der Waals surface area (Å²) in [6, 6.07) is 9.06. The number of nitrogens with two attached hydrogens (primary N) is 1. The number of hydrogen-bond donors (Lipinski definition) is 2. The third kappa shape index (κ3) is 2.74. The van der Waals surface area contributed by atoms with Crippen molar-refractivity contribution in [1.82, 2.24) is 9.97 Å². The molecule has 0 saturated heterocycles. The Morgan fingerprint density at radius 3 is 3.05 bits per heavy atom. The molecule has 1 atom stereocenters. The molecule has 1 unspecified atom stereocenters. The molecule has 6 heteroatoms. The number of rotatable bonds is 4. The van der Waals surface area contributed by atoms with Crippen LogP contribution in [0.3, 0.4) is 0 Å². The average molecular weight is 304 g/mol. The summed E-state index contributed by atoms with van der Waals surface area (Å²) >= 11 is 6.07. The van der Waals surface area contributed by atoms with E-state index < -0.39 is 0 Å². The molecule has 5 nitrogen and oxygen atoms in total. The Bertz CT molecular complexity index is 646. The van der Waals surface area contributed by atoms with Crippen LogP contribution in [0, 0.1) is 0 Å². The number of fused-ring (bicyclic) bond motifs is 1. The minimum atomic E-state index is 0.300. The van der Waals surface area contributed by atoms with E-state index in [2.05, 4.69) is 51.4 Å². The van der Waals surface area contributed by atoms with Gasteiger partial charge in [-0.3, -0.25) is 0 Å². The molecule has 1 aliphatic heterocycles. The zero-order valence-corrected chi connectivity index (χ0v) is 12.6. The van der Waals surface area contributed by atoms with E-state index in [1.165, 1.54) is 17.6 Å². The van der Waals surface area contributed by atoms with Gasteiger partial charge in [0.1, 0.15) is 17.2 Å². The monoisotopic (exact) mass is 303 g/mol. The number of nitrogen functional groups attached to an aromatic ring is 1. The van der Waals surface area contributed by atoms with Gasteiger partial charge in [-0.05, 0) is 25.0 Å². The molecule has 0 amide bonds. The van der Waals surface area contributed by atoms with Gasteiger partial charge in [0.15, 0.2) is 5.82 Å². The van der Waals surface area contributed by atoms with Gasteiger partial charge in [-0.25, -0.2) is 9.97 Å². The van der Waals surface area contributed by atoms with E-state index in [4.69, 9.17) is 17.3 Å². The summed E-state index contributed by atoms with van der Waals surface area (Å²) in [5.74, 6) is 0.887. The SMILES string of the molecule is CC1Cc2ccccc2N1CCNc1ncnc(N)c1Cl. The molecule has 0 spiro atoms. The third-order valence-corrected chi connectivity index (χ3v) is 4.18. The molecule has 1 aliphatic rings. The second-order valence-electron chi connectivity index (χ2n) is 5.22. The summed E-state index contributed by atoms with van der Waals surface area (Å²) in [4.78, 5) is 10.4. The number of halogens is 1. The highest BCUT2D eigenvalue weighted by Crippen LogP contribution is 2.31. The molecule has 0 bridgehead atoms. The molecule has 3 rings (SSSR count). The van der Waals surface area contributed by atoms with Crippen LogP contribution in [0.4, 0.5) is 17.3 Å². The predicted octanol–water partition coefficient (Wildman–Crippen LogP) is 2.58. The maximum Gasteiger partial charge on any atom is 0.150 e. The van der Waals surface area contributed by atoms with Crippen molar-refractivity contribution in [3.63, 3.8) is 0 Å². The van der Waals surface area contributed by atoms with Crippen LogP contribution in [0.5, 0.6) is 0 Å². The molecule has 1 aromatic carbocycles. The fraction of sp³-hybridized carbons (Fsp3) is 0.333. The van der Waals surface area contributed by atoms with Crippen molar-refractivity contribution in [1.29, 1.82) is 0 Å². The van der Waals surface area contributed by atoms with Gasteiger partial charge in [0.2, 0.25) is 0 Å². The highest BCUT2D eigenvalue weighted by atomic mass is 35.5. The molecule has 0 saturated carbocycles. The molecule has 0 aliphatic carbocycles. The molecule has 1 aromatic heterocycles. The molecule has 0 fully saturated rings. The Kier molecular flexibility index (Phi) is 3.84. The second kappa shape index (κ2) is 5.77. The number of para-hydroxylation sites is 1. The largest absolute Gasteiger partial charge is 0.382 e.